The van der Waals surface area contributed by atoms with Crippen LogP contribution in [0.25, 0.3) is 6.08 Å². The Morgan fingerprint density at radius 1 is 1.27 bits per heavy atom. The normalized spacial score (nSPS) is 14.5. The smallest absolute Gasteiger partial charge is 0.385 e. The zero-order chi connectivity index (χ0) is 16.8. The molecule has 0 bridgehead atoms. The molecule has 0 saturated carbocycles. The number of nitro groups is 1. The summed E-state index contributed by atoms with van der Waals surface area (Å²) in [7, 11) is 0. The molecule has 0 aliphatic rings. The van der Waals surface area contributed by atoms with Gasteiger partial charge in [0.25, 0.3) is 0 Å². The lowest BCUT2D eigenvalue weighted by Crippen LogP contribution is -2.49. The van der Waals surface area contributed by atoms with Crippen molar-refractivity contribution in [2.75, 3.05) is 0 Å². The molecule has 0 heterocycles. The third kappa shape index (κ3) is 4.69. The van der Waals surface area contributed by atoms with Crippen molar-refractivity contribution < 1.29 is 14.5 Å². The van der Waals surface area contributed by atoms with Crippen molar-refractivity contribution in [1.29, 1.82) is 0 Å². The average molecular weight is 305 g/mol. The molecule has 0 radical (unpaired) electrons. The van der Waals surface area contributed by atoms with Crippen LogP contribution < -0.4 is 0 Å². The number of rotatable bonds is 6. The highest BCUT2D eigenvalue weighted by molar-refractivity contribution is 5.80. The van der Waals surface area contributed by atoms with E-state index in [0.29, 0.717) is 0 Å². The first-order valence-electron chi connectivity index (χ1n) is 7.31. The predicted molar refractivity (Wildman–Crippen MR) is 86.0 cm³/mol. The van der Waals surface area contributed by atoms with Gasteiger partial charge in [0.15, 0.2) is 0 Å². The largest absolute Gasteiger partial charge is 0.455 e. The molecule has 5 nitrogen and oxygen atoms in total. The van der Waals surface area contributed by atoms with Crippen LogP contribution in [0.2, 0.25) is 0 Å². The Hall–Kier alpha value is -2.17. The number of carbonyl (C=O) groups excluding carboxylic acids is 1. The van der Waals surface area contributed by atoms with Gasteiger partial charge in [-0.1, -0.05) is 49.4 Å². The lowest BCUT2D eigenvalue weighted by atomic mass is 9.92. The Kier molecular flexibility index (Phi) is 5.85. The third-order valence-electron chi connectivity index (χ3n) is 3.28. The second kappa shape index (κ2) is 7.20. The van der Waals surface area contributed by atoms with Crippen LogP contribution in [0.4, 0.5) is 0 Å². The quantitative estimate of drug-likeness (QED) is 0.454. The molecule has 0 aliphatic heterocycles. The van der Waals surface area contributed by atoms with Crippen LogP contribution in [-0.2, 0) is 9.53 Å². The van der Waals surface area contributed by atoms with Crippen LogP contribution in [0.3, 0.4) is 0 Å². The summed E-state index contributed by atoms with van der Waals surface area (Å²) in [4.78, 5) is 23.3. The van der Waals surface area contributed by atoms with Crippen molar-refractivity contribution in [3.8, 4) is 0 Å². The van der Waals surface area contributed by atoms with Gasteiger partial charge in [-0.3, -0.25) is 10.1 Å². The molecule has 22 heavy (non-hydrogen) atoms. The van der Waals surface area contributed by atoms with Gasteiger partial charge in [0, 0.05) is 17.8 Å². The average Bonchev–Trinajstić information content (AvgIpc) is 2.42. The molecule has 0 fully saturated rings. The monoisotopic (exact) mass is 305 g/mol. The van der Waals surface area contributed by atoms with E-state index in [1.54, 1.807) is 39.8 Å². The molecule has 0 unspecified atom stereocenters. The number of benzene rings is 1. The van der Waals surface area contributed by atoms with Crippen LogP contribution in [0.15, 0.2) is 36.4 Å². The molecule has 0 aromatic heterocycles. The summed E-state index contributed by atoms with van der Waals surface area (Å²) < 4.78 is 5.24. The Morgan fingerprint density at radius 3 is 2.32 bits per heavy atom. The molecule has 1 atom stereocenters. The summed E-state index contributed by atoms with van der Waals surface area (Å²) in [6, 6.07) is 9.45. The Balaban J connectivity index is 2.95. The standard InChI is InChI=1S/C17H23NO4/c1-5-17(18(20)21,15(19)22-16(2,3)4)13-9-12-14-10-7-6-8-11-14/h6-12H,5,13H2,1-4H3/b12-9+/t17-/m1/s1. The zero-order valence-electron chi connectivity index (χ0n) is 13.5. The molecule has 0 saturated heterocycles. The van der Waals surface area contributed by atoms with Crippen LogP contribution in [-0.4, -0.2) is 22.0 Å². The molecular formula is C17H23NO4. The number of hydrogen-bond donors (Lipinski definition) is 0. The minimum atomic E-state index is -1.74. The Morgan fingerprint density at radius 2 is 1.86 bits per heavy atom. The lowest BCUT2D eigenvalue weighted by Gasteiger charge is -2.26. The van der Waals surface area contributed by atoms with E-state index < -0.39 is 22.0 Å². The van der Waals surface area contributed by atoms with Crippen molar-refractivity contribution in [3.05, 3.63) is 52.1 Å². The van der Waals surface area contributed by atoms with Crippen LogP contribution in [0, 0.1) is 10.1 Å². The highest BCUT2D eigenvalue weighted by atomic mass is 16.6. The molecule has 5 heteroatoms. The maximum absolute atomic E-state index is 12.3. The second-order valence-electron chi connectivity index (χ2n) is 6.16. The molecule has 1 aromatic carbocycles. The number of carbonyl (C=O) groups is 1. The molecule has 120 valence electrons. The van der Waals surface area contributed by atoms with E-state index in [2.05, 4.69) is 0 Å². The third-order valence-corrected chi connectivity index (χ3v) is 3.28. The lowest BCUT2D eigenvalue weighted by molar-refractivity contribution is -0.555. The van der Waals surface area contributed by atoms with Crippen molar-refractivity contribution in [2.24, 2.45) is 0 Å². The summed E-state index contributed by atoms with van der Waals surface area (Å²) in [5, 5.41) is 11.5. The minimum Gasteiger partial charge on any atom is -0.455 e. The number of esters is 1. The first-order chi connectivity index (χ1) is 10.2. The zero-order valence-corrected chi connectivity index (χ0v) is 13.5. The first kappa shape index (κ1) is 17.9. The van der Waals surface area contributed by atoms with E-state index in [9.17, 15) is 14.9 Å². The first-order valence-corrected chi connectivity index (χ1v) is 7.31. The van der Waals surface area contributed by atoms with Gasteiger partial charge in [-0.15, -0.1) is 0 Å². The van der Waals surface area contributed by atoms with Crippen molar-refractivity contribution in [3.63, 3.8) is 0 Å². The summed E-state index contributed by atoms with van der Waals surface area (Å²) in [6.07, 6.45) is 3.51. The van der Waals surface area contributed by atoms with Crippen LogP contribution >= 0.6 is 0 Å². The Labute approximate surface area is 131 Å². The highest BCUT2D eigenvalue weighted by Gasteiger charge is 2.51. The number of hydrogen-bond acceptors (Lipinski definition) is 4. The molecule has 0 aliphatic carbocycles. The van der Waals surface area contributed by atoms with E-state index in [1.165, 1.54) is 0 Å². The van der Waals surface area contributed by atoms with Gasteiger partial charge in [0.05, 0.1) is 0 Å². The number of ether oxygens (including phenoxy) is 1. The van der Waals surface area contributed by atoms with E-state index >= 15 is 0 Å². The van der Waals surface area contributed by atoms with Gasteiger partial charge < -0.3 is 4.74 Å². The van der Waals surface area contributed by atoms with Gasteiger partial charge in [0.2, 0.25) is 0 Å². The maximum Gasteiger partial charge on any atom is 0.385 e. The molecule has 1 rings (SSSR count). The molecule has 1 aromatic rings. The van der Waals surface area contributed by atoms with E-state index in [-0.39, 0.29) is 12.8 Å². The predicted octanol–water partition coefficient (Wildman–Crippen LogP) is 3.86. The molecular weight excluding hydrogens is 282 g/mol. The van der Waals surface area contributed by atoms with Gasteiger partial charge in [-0.2, -0.15) is 0 Å². The fraction of sp³-hybridized carbons (Fsp3) is 0.471. The summed E-state index contributed by atoms with van der Waals surface area (Å²) >= 11 is 0. The fourth-order valence-electron chi connectivity index (χ4n) is 1.98. The molecule has 0 spiro atoms. The van der Waals surface area contributed by atoms with E-state index in [0.717, 1.165) is 5.56 Å². The van der Waals surface area contributed by atoms with Crippen molar-refractivity contribution in [2.45, 2.75) is 51.7 Å². The van der Waals surface area contributed by atoms with Crippen molar-refractivity contribution in [1.82, 2.24) is 0 Å². The maximum atomic E-state index is 12.3. The van der Waals surface area contributed by atoms with Crippen LogP contribution in [0.1, 0.15) is 46.1 Å². The van der Waals surface area contributed by atoms with E-state index in [4.69, 9.17) is 4.74 Å². The SMILES string of the molecule is CC[C@@](C/C=C/c1ccccc1)(C(=O)OC(C)(C)C)[N+](=O)[O-]. The highest BCUT2D eigenvalue weighted by Crippen LogP contribution is 2.25. The summed E-state index contributed by atoms with van der Waals surface area (Å²) in [5.74, 6) is -0.787. The van der Waals surface area contributed by atoms with Gasteiger partial charge >= 0.3 is 11.5 Å². The van der Waals surface area contributed by atoms with Crippen molar-refractivity contribution >= 4 is 12.0 Å². The Bertz CT molecular complexity index is 546. The van der Waals surface area contributed by atoms with E-state index in [1.807, 2.05) is 30.3 Å². The summed E-state index contributed by atoms with van der Waals surface area (Å²) in [6.45, 7) is 6.73. The fourth-order valence-corrected chi connectivity index (χ4v) is 1.98. The minimum absolute atomic E-state index is 0.000305. The number of nitrogens with zero attached hydrogens (tertiary/aromatic N) is 1. The topological polar surface area (TPSA) is 69.4 Å². The second-order valence-corrected chi connectivity index (χ2v) is 6.16. The summed E-state index contributed by atoms with van der Waals surface area (Å²) in [5.41, 5.74) is -1.56. The van der Waals surface area contributed by atoms with Crippen LogP contribution in [0.5, 0.6) is 0 Å². The van der Waals surface area contributed by atoms with Gasteiger partial charge in [-0.25, -0.2) is 4.79 Å². The van der Waals surface area contributed by atoms with Gasteiger partial charge in [-0.05, 0) is 26.3 Å². The molecule has 0 amide bonds. The van der Waals surface area contributed by atoms with Gasteiger partial charge in [0.1, 0.15) is 5.60 Å². The molecule has 0 N–H and O–H groups in total.